The summed E-state index contributed by atoms with van der Waals surface area (Å²) in [5.41, 5.74) is 0.430. The lowest BCUT2D eigenvalue weighted by Crippen LogP contribution is -2.54. The fourth-order valence-corrected chi connectivity index (χ4v) is 4.57. The van der Waals surface area contributed by atoms with Crippen molar-refractivity contribution in [3.63, 3.8) is 0 Å². The number of benzene rings is 1. The summed E-state index contributed by atoms with van der Waals surface area (Å²) in [5, 5.41) is 3.21. The van der Waals surface area contributed by atoms with E-state index in [0.717, 1.165) is 6.07 Å². The van der Waals surface area contributed by atoms with E-state index >= 15 is 0 Å². The second kappa shape index (κ2) is 11.0. The van der Waals surface area contributed by atoms with Gasteiger partial charge in [-0.1, -0.05) is 13.0 Å². The number of ether oxygens (including phenoxy) is 1. The van der Waals surface area contributed by atoms with E-state index in [-0.39, 0.29) is 24.4 Å². The molecule has 1 unspecified atom stereocenters. The van der Waals surface area contributed by atoms with Crippen molar-refractivity contribution < 1.29 is 21.9 Å². The highest BCUT2D eigenvalue weighted by Gasteiger charge is 2.28. The number of hydrogen-bond acceptors (Lipinski definition) is 4. The number of piperazine rings is 1. The Morgan fingerprint density at radius 1 is 1.20 bits per heavy atom. The monoisotopic (exact) mass is 446 g/mol. The molecule has 1 aromatic carbocycles. The van der Waals surface area contributed by atoms with E-state index in [1.54, 1.807) is 7.05 Å². The Labute approximate surface area is 178 Å². The van der Waals surface area contributed by atoms with Crippen LogP contribution in [-0.2, 0) is 14.8 Å². The second-order valence-electron chi connectivity index (χ2n) is 7.62. The quantitative estimate of drug-likeness (QED) is 0.489. The van der Waals surface area contributed by atoms with Crippen molar-refractivity contribution in [1.29, 1.82) is 0 Å². The molecule has 170 valence electrons. The Morgan fingerprint density at radius 3 is 2.43 bits per heavy atom. The van der Waals surface area contributed by atoms with Gasteiger partial charge in [-0.25, -0.2) is 17.2 Å². The third-order valence-electron chi connectivity index (χ3n) is 5.00. The maximum atomic E-state index is 14.0. The minimum atomic E-state index is -3.36. The van der Waals surface area contributed by atoms with Gasteiger partial charge in [0.05, 0.1) is 18.5 Å². The lowest BCUT2D eigenvalue weighted by molar-refractivity contribution is 0.0904. The Hall–Kier alpha value is -1.78. The van der Waals surface area contributed by atoms with Crippen LogP contribution in [0, 0.1) is 11.6 Å². The van der Waals surface area contributed by atoms with Gasteiger partial charge in [0.2, 0.25) is 10.0 Å². The van der Waals surface area contributed by atoms with Gasteiger partial charge < -0.3 is 15.0 Å². The Bertz CT molecular complexity index is 825. The van der Waals surface area contributed by atoms with Crippen LogP contribution in [0.4, 0.5) is 8.78 Å². The minimum absolute atomic E-state index is 0.00257. The molecule has 1 aromatic rings. The molecule has 2 rings (SSSR count). The average molecular weight is 447 g/mol. The SMILES string of the molecule is CN=C(NCC(C)c1ccc(F)cc1F)N1CCN(S(=O)(=O)CCOC(C)C)CC1. The predicted octanol–water partition coefficient (Wildman–Crippen LogP) is 2.02. The summed E-state index contributed by atoms with van der Waals surface area (Å²) in [5.74, 6) is -0.760. The number of aliphatic imine (C=N–C) groups is 1. The maximum absolute atomic E-state index is 14.0. The second-order valence-corrected chi connectivity index (χ2v) is 9.71. The van der Waals surface area contributed by atoms with Crippen LogP contribution in [0.2, 0.25) is 0 Å². The summed E-state index contributed by atoms with van der Waals surface area (Å²) in [7, 11) is -1.71. The molecule has 0 spiro atoms. The van der Waals surface area contributed by atoms with Crippen LogP contribution in [0.5, 0.6) is 0 Å². The molecule has 30 heavy (non-hydrogen) atoms. The van der Waals surface area contributed by atoms with Gasteiger partial charge in [0.15, 0.2) is 5.96 Å². The third-order valence-corrected chi connectivity index (χ3v) is 6.83. The molecule has 0 aromatic heterocycles. The number of sulfonamides is 1. The first-order valence-corrected chi connectivity index (χ1v) is 11.7. The standard InChI is InChI=1S/C20H32F2N4O3S/c1-15(2)29-11-12-30(27,28)26-9-7-25(8-10-26)20(23-4)24-14-16(3)18-6-5-17(21)13-19(18)22/h5-6,13,15-16H,7-12,14H2,1-4H3,(H,23,24). The number of halogens is 2. The number of nitrogens with one attached hydrogen (secondary N) is 1. The molecule has 1 aliphatic heterocycles. The summed E-state index contributed by atoms with van der Waals surface area (Å²) < 4.78 is 58.8. The molecule has 1 fully saturated rings. The highest BCUT2D eigenvalue weighted by molar-refractivity contribution is 7.89. The van der Waals surface area contributed by atoms with E-state index in [1.165, 1.54) is 16.4 Å². The van der Waals surface area contributed by atoms with E-state index in [1.807, 2.05) is 25.7 Å². The molecule has 0 saturated carbocycles. The van der Waals surface area contributed by atoms with Crippen LogP contribution in [0.3, 0.4) is 0 Å². The van der Waals surface area contributed by atoms with Gasteiger partial charge in [0.1, 0.15) is 11.6 Å². The molecular formula is C20H32F2N4O3S. The lowest BCUT2D eigenvalue weighted by atomic mass is 10.0. The Balaban J connectivity index is 1.86. The highest BCUT2D eigenvalue weighted by atomic mass is 32.2. The van der Waals surface area contributed by atoms with Gasteiger partial charge in [-0.15, -0.1) is 0 Å². The zero-order chi connectivity index (χ0) is 22.3. The van der Waals surface area contributed by atoms with Crippen molar-refractivity contribution in [1.82, 2.24) is 14.5 Å². The molecule has 10 heteroatoms. The highest BCUT2D eigenvalue weighted by Crippen LogP contribution is 2.19. The first-order valence-electron chi connectivity index (χ1n) is 10.1. The number of nitrogens with zero attached hydrogens (tertiary/aromatic N) is 3. The molecule has 0 bridgehead atoms. The van der Waals surface area contributed by atoms with Crippen LogP contribution in [0.1, 0.15) is 32.3 Å². The van der Waals surface area contributed by atoms with Crippen LogP contribution in [0.15, 0.2) is 23.2 Å². The van der Waals surface area contributed by atoms with E-state index in [0.29, 0.717) is 44.2 Å². The molecular weight excluding hydrogens is 414 g/mol. The first kappa shape index (κ1) is 24.5. The molecule has 7 nitrogen and oxygen atoms in total. The Kier molecular flexibility index (Phi) is 8.99. The molecule has 1 saturated heterocycles. The van der Waals surface area contributed by atoms with Gasteiger partial charge in [-0.3, -0.25) is 4.99 Å². The van der Waals surface area contributed by atoms with Crippen molar-refractivity contribution in [3.8, 4) is 0 Å². The number of hydrogen-bond donors (Lipinski definition) is 1. The first-order chi connectivity index (χ1) is 14.1. The van der Waals surface area contributed by atoms with E-state index in [4.69, 9.17) is 4.74 Å². The van der Waals surface area contributed by atoms with Crippen molar-refractivity contribution in [2.75, 3.05) is 52.1 Å². The maximum Gasteiger partial charge on any atom is 0.216 e. The van der Waals surface area contributed by atoms with Crippen LogP contribution in [-0.4, -0.2) is 81.8 Å². The lowest BCUT2D eigenvalue weighted by Gasteiger charge is -2.36. The summed E-state index contributed by atoms with van der Waals surface area (Å²) in [6.07, 6.45) is -0.00257. The zero-order valence-electron chi connectivity index (χ0n) is 18.1. The van der Waals surface area contributed by atoms with Crippen LogP contribution >= 0.6 is 0 Å². The molecule has 1 aliphatic rings. The summed E-state index contributed by atoms with van der Waals surface area (Å²) >= 11 is 0. The number of rotatable bonds is 8. The Morgan fingerprint density at radius 2 is 1.87 bits per heavy atom. The predicted molar refractivity (Wildman–Crippen MR) is 114 cm³/mol. The van der Waals surface area contributed by atoms with Crippen LogP contribution in [0.25, 0.3) is 0 Å². The fraction of sp³-hybridized carbons (Fsp3) is 0.650. The average Bonchev–Trinajstić information content (AvgIpc) is 2.68. The molecule has 1 heterocycles. The van der Waals surface area contributed by atoms with Gasteiger partial charge in [0.25, 0.3) is 0 Å². The van der Waals surface area contributed by atoms with Gasteiger partial charge >= 0.3 is 0 Å². The smallest absolute Gasteiger partial charge is 0.216 e. The molecule has 0 amide bonds. The minimum Gasteiger partial charge on any atom is -0.378 e. The van der Waals surface area contributed by atoms with Crippen molar-refractivity contribution in [3.05, 3.63) is 35.4 Å². The van der Waals surface area contributed by atoms with Crippen molar-refractivity contribution in [2.45, 2.75) is 32.8 Å². The third kappa shape index (κ3) is 6.88. The van der Waals surface area contributed by atoms with Gasteiger partial charge in [-0.05, 0) is 25.5 Å². The molecule has 1 N–H and O–H groups in total. The molecule has 0 aliphatic carbocycles. The molecule has 0 radical (unpaired) electrons. The van der Waals surface area contributed by atoms with E-state index in [2.05, 4.69) is 10.3 Å². The number of guanidine groups is 1. The van der Waals surface area contributed by atoms with Gasteiger partial charge in [-0.2, -0.15) is 4.31 Å². The topological polar surface area (TPSA) is 74.2 Å². The summed E-state index contributed by atoms with van der Waals surface area (Å²) in [6, 6.07) is 3.58. The largest absolute Gasteiger partial charge is 0.378 e. The molecule has 1 atom stereocenters. The zero-order valence-corrected chi connectivity index (χ0v) is 18.9. The normalized spacial score (nSPS) is 17.4. The summed E-state index contributed by atoms with van der Waals surface area (Å²) in [6.45, 7) is 7.93. The van der Waals surface area contributed by atoms with Crippen molar-refractivity contribution in [2.24, 2.45) is 4.99 Å². The van der Waals surface area contributed by atoms with Crippen molar-refractivity contribution >= 4 is 16.0 Å². The van der Waals surface area contributed by atoms with E-state index < -0.39 is 21.7 Å². The van der Waals surface area contributed by atoms with Gasteiger partial charge in [0, 0.05) is 51.8 Å². The van der Waals surface area contributed by atoms with Crippen LogP contribution < -0.4 is 5.32 Å². The fourth-order valence-electron chi connectivity index (χ4n) is 3.28. The summed E-state index contributed by atoms with van der Waals surface area (Å²) in [4.78, 5) is 6.24. The van der Waals surface area contributed by atoms with E-state index in [9.17, 15) is 17.2 Å².